The monoisotopic (exact) mass is 484 g/mol. The predicted molar refractivity (Wildman–Crippen MR) is 146 cm³/mol. The molecular weight excluding hydrogens is 424 g/mol. The molecule has 0 spiro atoms. The minimum absolute atomic E-state index is 0. The Bertz CT molecular complexity index is 668. The molecule has 4 fully saturated rings. The van der Waals surface area contributed by atoms with Crippen LogP contribution in [0.4, 0.5) is 0 Å². The second kappa shape index (κ2) is 11.3. The number of rotatable bonds is 7. The smallest absolute Gasteiger partial charge is 0.312 e. The van der Waals surface area contributed by atoms with Gasteiger partial charge in [-0.25, -0.2) is 0 Å². The maximum atomic E-state index is 13.2. The van der Waals surface area contributed by atoms with E-state index in [0.717, 1.165) is 25.7 Å². The van der Waals surface area contributed by atoms with Crippen LogP contribution in [0.5, 0.6) is 0 Å². The van der Waals surface area contributed by atoms with Crippen LogP contribution in [0.15, 0.2) is 0 Å². The van der Waals surface area contributed by atoms with E-state index < -0.39 is 11.0 Å². The first-order valence-electron chi connectivity index (χ1n) is 12.0. The average Bonchev–Trinajstić information content (AvgIpc) is 2.49. The van der Waals surface area contributed by atoms with Crippen LogP contribution in [-0.4, -0.2) is 23.1 Å². The van der Waals surface area contributed by atoms with Gasteiger partial charge in [0, 0.05) is 0 Å². The molecule has 0 saturated heterocycles. The molecule has 0 aromatic rings. The molecule has 4 aliphatic rings. The van der Waals surface area contributed by atoms with Crippen molar-refractivity contribution in [3.63, 3.8) is 0 Å². The first-order chi connectivity index (χ1) is 13.6. The molecule has 4 aliphatic carbocycles. The van der Waals surface area contributed by atoms with Crippen molar-refractivity contribution in [2.45, 2.75) is 154 Å². The van der Waals surface area contributed by atoms with Crippen LogP contribution >= 0.6 is 0 Å². The van der Waals surface area contributed by atoms with Crippen molar-refractivity contribution in [2.75, 3.05) is 0 Å². The summed E-state index contributed by atoms with van der Waals surface area (Å²) >= 11 is 0. The zero-order chi connectivity index (χ0) is 22.6. The number of esters is 2. The summed E-state index contributed by atoms with van der Waals surface area (Å²) in [6, 6.07) is 0. The molecule has 0 amide bonds. The molecule has 4 rings (SSSR count). The summed E-state index contributed by atoms with van der Waals surface area (Å²) in [4.78, 5) is 25.8. The third-order valence-corrected chi connectivity index (χ3v) is 7.79. The van der Waals surface area contributed by atoms with Gasteiger partial charge >= 0.3 is 11.9 Å². The van der Waals surface area contributed by atoms with E-state index in [9.17, 15) is 9.59 Å². The lowest BCUT2D eigenvalue weighted by molar-refractivity contribution is -0.219. The Morgan fingerprint density at radius 1 is 0.882 bits per heavy atom. The van der Waals surface area contributed by atoms with Crippen LogP contribution in [0.25, 0.3) is 0 Å². The van der Waals surface area contributed by atoms with Gasteiger partial charge in [-0.3, -0.25) is 9.59 Å². The van der Waals surface area contributed by atoms with Crippen molar-refractivity contribution in [1.82, 2.24) is 0 Å². The molecular formula is C30H60O4. The normalized spacial score (nSPS) is 32.2. The zero-order valence-electron chi connectivity index (χ0n) is 20.7. The molecule has 4 bridgehead atoms. The molecule has 0 aromatic carbocycles. The summed E-state index contributed by atoms with van der Waals surface area (Å²) in [7, 11) is 0. The van der Waals surface area contributed by atoms with Crippen molar-refractivity contribution in [1.29, 1.82) is 0 Å². The highest BCUT2D eigenvalue weighted by Gasteiger charge is 2.62. The Morgan fingerprint density at radius 3 is 1.79 bits per heavy atom. The first-order valence-corrected chi connectivity index (χ1v) is 12.0. The largest absolute Gasteiger partial charge is 0.460 e. The highest BCUT2D eigenvalue weighted by Crippen LogP contribution is 2.67. The molecule has 4 heteroatoms. The summed E-state index contributed by atoms with van der Waals surface area (Å²) in [5.41, 5.74) is -0.706. The van der Waals surface area contributed by atoms with E-state index in [0.29, 0.717) is 29.6 Å². The van der Waals surface area contributed by atoms with Gasteiger partial charge < -0.3 is 9.47 Å². The molecule has 0 aromatic heterocycles. The number of hydrogen-bond donors (Lipinski definition) is 0. The van der Waals surface area contributed by atoms with Gasteiger partial charge in [-0.2, -0.15) is 0 Å². The minimum atomic E-state index is -0.609. The summed E-state index contributed by atoms with van der Waals surface area (Å²) in [5, 5.41) is 0. The first kappa shape index (κ1) is 35.1. The van der Waals surface area contributed by atoms with Crippen molar-refractivity contribution >= 4 is 11.9 Å². The Labute approximate surface area is 213 Å². The second-order valence-electron chi connectivity index (χ2n) is 13.3. The Balaban J connectivity index is 0. The van der Waals surface area contributed by atoms with Crippen LogP contribution < -0.4 is 0 Å². The molecule has 34 heavy (non-hydrogen) atoms. The maximum absolute atomic E-state index is 13.2. The highest BCUT2D eigenvalue weighted by molar-refractivity contribution is 5.77. The summed E-state index contributed by atoms with van der Waals surface area (Å²) in [6.07, 6.45) is 9.00. The van der Waals surface area contributed by atoms with Crippen LogP contribution in [-0.2, 0) is 19.1 Å². The third kappa shape index (κ3) is 7.72. The number of ether oxygens (including phenoxy) is 2. The Morgan fingerprint density at radius 2 is 1.38 bits per heavy atom. The average molecular weight is 485 g/mol. The van der Waals surface area contributed by atoms with E-state index >= 15 is 0 Å². The third-order valence-electron chi connectivity index (χ3n) is 7.79. The number of carbonyl (C=O) groups is 2. The SMILES string of the molecule is C.C.C.C.CCC(CCC(C)(C)C(=O)OC(C)(C)C)C(=O)OC12CC3CC(C)(CC(C)(C3)C1)C2. The van der Waals surface area contributed by atoms with Gasteiger partial charge in [-0.05, 0) is 109 Å². The number of hydrogen-bond acceptors (Lipinski definition) is 4. The molecule has 0 radical (unpaired) electrons. The summed E-state index contributed by atoms with van der Waals surface area (Å²) in [5.74, 6) is 0.308. The molecule has 204 valence electrons. The van der Waals surface area contributed by atoms with E-state index in [1.165, 1.54) is 19.3 Å². The molecule has 4 nitrogen and oxygen atoms in total. The zero-order valence-corrected chi connectivity index (χ0v) is 20.7. The lowest BCUT2D eigenvalue weighted by Gasteiger charge is -2.64. The molecule has 0 aliphatic heterocycles. The van der Waals surface area contributed by atoms with Crippen molar-refractivity contribution < 1.29 is 19.1 Å². The van der Waals surface area contributed by atoms with Crippen molar-refractivity contribution in [3.05, 3.63) is 0 Å². The number of carbonyl (C=O) groups excluding carboxylic acids is 2. The van der Waals surface area contributed by atoms with Crippen molar-refractivity contribution in [3.8, 4) is 0 Å². The molecule has 0 heterocycles. The van der Waals surface area contributed by atoms with Crippen LogP contribution in [0, 0.1) is 28.1 Å². The fourth-order valence-electron chi connectivity index (χ4n) is 7.30. The second-order valence-corrected chi connectivity index (χ2v) is 13.3. The van der Waals surface area contributed by atoms with Gasteiger partial charge in [-0.1, -0.05) is 50.5 Å². The van der Waals surface area contributed by atoms with E-state index in [4.69, 9.17) is 9.47 Å². The lowest BCUT2D eigenvalue weighted by atomic mass is 9.43. The van der Waals surface area contributed by atoms with E-state index in [1.54, 1.807) is 0 Å². The summed E-state index contributed by atoms with van der Waals surface area (Å²) < 4.78 is 12.0. The minimum Gasteiger partial charge on any atom is -0.460 e. The van der Waals surface area contributed by atoms with Crippen LogP contribution in [0.3, 0.4) is 0 Å². The Hall–Kier alpha value is -1.06. The lowest BCUT2D eigenvalue weighted by Crippen LogP contribution is -2.60. The van der Waals surface area contributed by atoms with Gasteiger partial charge in [-0.15, -0.1) is 0 Å². The molecule has 4 saturated carbocycles. The van der Waals surface area contributed by atoms with Gasteiger partial charge in [0.25, 0.3) is 0 Å². The fraction of sp³-hybridized carbons (Fsp3) is 0.933. The Kier molecular flexibility index (Phi) is 11.7. The fourth-order valence-corrected chi connectivity index (χ4v) is 7.30. The van der Waals surface area contributed by atoms with Gasteiger partial charge in [0.05, 0.1) is 11.3 Å². The van der Waals surface area contributed by atoms with Crippen LogP contribution in [0.2, 0.25) is 0 Å². The standard InChI is InChI=1S/C26H44O4.4CH4/c1-9-19(10-11-23(5,6)21(28)30-22(2,3)4)20(27)29-26-14-18-12-24(7,16-26)15-25(8,13-18)17-26;;;;/h18-19H,9-17H2,1-8H3;4*1H4. The predicted octanol–water partition coefficient (Wildman–Crippen LogP) is 9.00. The van der Waals surface area contributed by atoms with E-state index in [-0.39, 0.29) is 53.2 Å². The maximum Gasteiger partial charge on any atom is 0.312 e. The van der Waals surface area contributed by atoms with Gasteiger partial charge in [0.1, 0.15) is 11.2 Å². The quantitative estimate of drug-likeness (QED) is 0.338. The topological polar surface area (TPSA) is 52.6 Å². The summed E-state index contributed by atoms with van der Waals surface area (Å²) in [6.45, 7) is 16.4. The van der Waals surface area contributed by atoms with Gasteiger partial charge in [0.15, 0.2) is 0 Å². The molecule has 3 atom stereocenters. The molecule has 3 unspecified atom stereocenters. The van der Waals surface area contributed by atoms with E-state index in [1.807, 2.05) is 34.6 Å². The van der Waals surface area contributed by atoms with Crippen molar-refractivity contribution in [2.24, 2.45) is 28.1 Å². The highest BCUT2D eigenvalue weighted by atomic mass is 16.6. The van der Waals surface area contributed by atoms with Crippen LogP contribution in [0.1, 0.15) is 143 Å². The molecule has 0 N–H and O–H groups in total. The van der Waals surface area contributed by atoms with E-state index in [2.05, 4.69) is 20.8 Å². The van der Waals surface area contributed by atoms with Gasteiger partial charge in [0.2, 0.25) is 0 Å².